The van der Waals surface area contributed by atoms with Crippen molar-refractivity contribution in [1.82, 2.24) is 0 Å². The second-order valence-corrected chi connectivity index (χ2v) is 5.70. The molecule has 2 heteroatoms. The van der Waals surface area contributed by atoms with Crippen LogP contribution in [0.15, 0.2) is 0 Å². The molecule has 0 aliphatic carbocycles. The van der Waals surface area contributed by atoms with Gasteiger partial charge in [0.2, 0.25) is 0 Å². The summed E-state index contributed by atoms with van der Waals surface area (Å²) in [6.45, 7) is 2.60. The monoisotopic (exact) mass is 256 g/mol. The van der Waals surface area contributed by atoms with Gasteiger partial charge in [0.1, 0.15) is 0 Å². The molecule has 0 unspecified atom stereocenters. The van der Waals surface area contributed by atoms with E-state index in [0.29, 0.717) is 18.8 Å². The van der Waals surface area contributed by atoms with Crippen molar-refractivity contribution in [3.05, 3.63) is 0 Å². The largest absolute Gasteiger partial charge is 0.396 e. The number of unbranched alkanes of at least 4 members (excludes halogenated alkanes) is 8. The van der Waals surface area contributed by atoms with Crippen LogP contribution in [0.3, 0.4) is 0 Å². The van der Waals surface area contributed by atoms with Crippen LogP contribution in [0.1, 0.15) is 84.0 Å². The van der Waals surface area contributed by atoms with E-state index in [-0.39, 0.29) is 0 Å². The lowest BCUT2D eigenvalue weighted by Gasteiger charge is -2.00. The molecule has 1 N–H and O–H groups in total. The van der Waals surface area contributed by atoms with Crippen molar-refractivity contribution >= 4 is 0 Å². The van der Waals surface area contributed by atoms with Crippen LogP contribution in [-0.2, 0) is 4.74 Å². The zero-order valence-corrected chi connectivity index (χ0v) is 12.2. The zero-order chi connectivity index (χ0) is 13.1. The summed E-state index contributed by atoms with van der Waals surface area (Å²) in [5, 5.41) is 8.70. The molecule has 1 aliphatic rings. The summed E-state index contributed by atoms with van der Waals surface area (Å²) in [5.41, 5.74) is 0. The summed E-state index contributed by atoms with van der Waals surface area (Å²) < 4.78 is 5.64. The van der Waals surface area contributed by atoms with E-state index in [9.17, 15) is 0 Å². The molecule has 1 saturated heterocycles. The minimum Gasteiger partial charge on any atom is -0.396 e. The Balaban J connectivity index is 1.74. The Morgan fingerprint density at radius 1 is 0.722 bits per heavy atom. The molecule has 0 aromatic heterocycles. The van der Waals surface area contributed by atoms with E-state index < -0.39 is 0 Å². The molecule has 0 amide bonds. The van der Waals surface area contributed by atoms with Crippen LogP contribution in [-0.4, -0.2) is 23.9 Å². The Hall–Kier alpha value is -0.0800. The summed E-state index contributed by atoms with van der Waals surface area (Å²) in [4.78, 5) is 0. The number of aliphatic hydroxyl groups excluding tert-OH is 1. The molecule has 0 bridgehead atoms. The SMILES string of the molecule is CCCCCCCCCC[C@H]1O[C@H]1CCCCO. The van der Waals surface area contributed by atoms with E-state index in [4.69, 9.17) is 9.84 Å². The fourth-order valence-electron chi connectivity index (χ4n) is 2.62. The first-order valence-corrected chi connectivity index (χ1v) is 8.14. The van der Waals surface area contributed by atoms with Gasteiger partial charge in [0.05, 0.1) is 12.2 Å². The van der Waals surface area contributed by atoms with Crippen molar-refractivity contribution in [2.24, 2.45) is 0 Å². The van der Waals surface area contributed by atoms with Crippen LogP contribution >= 0.6 is 0 Å². The van der Waals surface area contributed by atoms with Gasteiger partial charge in [0.25, 0.3) is 0 Å². The molecule has 1 aliphatic heterocycles. The van der Waals surface area contributed by atoms with Crippen LogP contribution < -0.4 is 0 Å². The van der Waals surface area contributed by atoms with Gasteiger partial charge in [0, 0.05) is 6.61 Å². The number of hydrogen-bond acceptors (Lipinski definition) is 2. The fourth-order valence-corrected chi connectivity index (χ4v) is 2.62. The van der Waals surface area contributed by atoms with Crippen molar-refractivity contribution in [3.63, 3.8) is 0 Å². The number of hydrogen-bond donors (Lipinski definition) is 1. The molecule has 108 valence electrons. The minimum atomic E-state index is 0.329. The first-order valence-electron chi connectivity index (χ1n) is 8.14. The molecule has 18 heavy (non-hydrogen) atoms. The maximum Gasteiger partial charge on any atom is 0.0841 e. The van der Waals surface area contributed by atoms with E-state index in [1.54, 1.807) is 0 Å². The van der Waals surface area contributed by atoms with Crippen LogP contribution in [0.2, 0.25) is 0 Å². The van der Waals surface area contributed by atoms with E-state index in [1.165, 1.54) is 57.8 Å². The van der Waals surface area contributed by atoms with Crippen LogP contribution in [0, 0.1) is 0 Å². The average Bonchev–Trinajstić information content (AvgIpc) is 3.12. The lowest BCUT2D eigenvalue weighted by atomic mass is 10.0. The second-order valence-electron chi connectivity index (χ2n) is 5.70. The molecule has 0 aromatic rings. The summed E-state index contributed by atoms with van der Waals surface area (Å²) in [6.07, 6.45) is 16.7. The van der Waals surface area contributed by atoms with Gasteiger partial charge in [-0.2, -0.15) is 0 Å². The van der Waals surface area contributed by atoms with Crippen LogP contribution in [0.4, 0.5) is 0 Å². The van der Waals surface area contributed by atoms with E-state index >= 15 is 0 Å². The number of ether oxygens (including phenoxy) is 1. The highest BCUT2D eigenvalue weighted by Gasteiger charge is 2.36. The van der Waals surface area contributed by atoms with E-state index in [0.717, 1.165) is 19.3 Å². The lowest BCUT2D eigenvalue weighted by molar-refractivity contribution is 0.278. The highest BCUT2D eigenvalue weighted by Crippen LogP contribution is 2.31. The third kappa shape index (κ3) is 8.10. The first kappa shape index (κ1) is 16.0. The minimum absolute atomic E-state index is 0.329. The average molecular weight is 256 g/mol. The lowest BCUT2D eigenvalue weighted by Crippen LogP contribution is -1.95. The number of rotatable bonds is 13. The molecule has 2 atom stereocenters. The highest BCUT2D eigenvalue weighted by atomic mass is 16.6. The van der Waals surface area contributed by atoms with Gasteiger partial charge in [-0.3, -0.25) is 0 Å². The Morgan fingerprint density at radius 2 is 1.22 bits per heavy atom. The first-order chi connectivity index (χ1) is 8.88. The van der Waals surface area contributed by atoms with E-state index in [1.807, 2.05) is 0 Å². The van der Waals surface area contributed by atoms with E-state index in [2.05, 4.69) is 6.92 Å². The van der Waals surface area contributed by atoms with Gasteiger partial charge < -0.3 is 9.84 Å². The van der Waals surface area contributed by atoms with Crippen LogP contribution in [0.25, 0.3) is 0 Å². The third-order valence-corrected chi connectivity index (χ3v) is 3.93. The molecule has 0 radical (unpaired) electrons. The van der Waals surface area contributed by atoms with Gasteiger partial charge in [-0.25, -0.2) is 0 Å². The normalized spacial score (nSPS) is 22.3. The number of epoxide rings is 1. The third-order valence-electron chi connectivity index (χ3n) is 3.93. The highest BCUT2D eigenvalue weighted by molar-refractivity contribution is 4.84. The van der Waals surface area contributed by atoms with Gasteiger partial charge >= 0.3 is 0 Å². The molecule has 0 spiro atoms. The molecular weight excluding hydrogens is 224 g/mol. The van der Waals surface area contributed by atoms with Crippen molar-refractivity contribution in [2.75, 3.05) is 6.61 Å². The van der Waals surface area contributed by atoms with Gasteiger partial charge in [0.15, 0.2) is 0 Å². The standard InChI is InChI=1S/C16H32O2/c1-2-3-4-5-6-7-8-9-12-15-16(18-15)13-10-11-14-17/h15-17H,2-14H2,1H3/t15-,16+/m1/s1. The van der Waals surface area contributed by atoms with Gasteiger partial charge in [-0.15, -0.1) is 0 Å². The molecule has 1 fully saturated rings. The predicted molar refractivity (Wildman–Crippen MR) is 76.8 cm³/mol. The quantitative estimate of drug-likeness (QED) is 0.390. The van der Waals surface area contributed by atoms with Gasteiger partial charge in [-0.05, 0) is 25.7 Å². The second kappa shape index (κ2) is 10.8. The Labute approximate surface area is 113 Å². The fraction of sp³-hybridized carbons (Fsp3) is 1.00. The van der Waals surface area contributed by atoms with Crippen molar-refractivity contribution in [3.8, 4) is 0 Å². The van der Waals surface area contributed by atoms with Crippen LogP contribution in [0.5, 0.6) is 0 Å². The molecular formula is C16H32O2. The Kier molecular flexibility index (Phi) is 9.59. The van der Waals surface area contributed by atoms with Crippen molar-refractivity contribution in [1.29, 1.82) is 0 Å². The summed E-state index contributed by atoms with van der Waals surface area (Å²) in [7, 11) is 0. The molecule has 0 saturated carbocycles. The predicted octanol–water partition coefficient (Wildman–Crippen LogP) is 4.45. The molecule has 1 heterocycles. The smallest absolute Gasteiger partial charge is 0.0841 e. The molecule has 1 rings (SSSR count). The zero-order valence-electron chi connectivity index (χ0n) is 12.2. The maximum atomic E-state index is 8.70. The summed E-state index contributed by atoms with van der Waals surface area (Å²) >= 11 is 0. The Morgan fingerprint density at radius 3 is 1.78 bits per heavy atom. The van der Waals surface area contributed by atoms with Crippen molar-refractivity contribution in [2.45, 2.75) is 96.2 Å². The van der Waals surface area contributed by atoms with Crippen molar-refractivity contribution < 1.29 is 9.84 Å². The number of aliphatic hydroxyl groups is 1. The Bertz CT molecular complexity index is 182. The molecule has 0 aromatic carbocycles. The van der Waals surface area contributed by atoms with Gasteiger partial charge in [-0.1, -0.05) is 58.3 Å². The summed E-state index contributed by atoms with van der Waals surface area (Å²) in [5.74, 6) is 0. The topological polar surface area (TPSA) is 32.8 Å². The maximum absolute atomic E-state index is 8.70. The summed E-state index contributed by atoms with van der Waals surface area (Å²) in [6, 6.07) is 0. The molecule has 2 nitrogen and oxygen atoms in total.